The highest BCUT2D eigenvalue weighted by atomic mass is 32.1. The first-order chi connectivity index (χ1) is 12.0. The van der Waals surface area contributed by atoms with Crippen molar-refractivity contribution < 1.29 is 9.21 Å². The van der Waals surface area contributed by atoms with E-state index in [-0.39, 0.29) is 11.9 Å². The summed E-state index contributed by atoms with van der Waals surface area (Å²) >= 11 is 1.58. The van der Waals surface area contributed by atoms with E-state index in [9.17, 15) is 4.79 Å². The fourth-order valence-corrected chi connectivity index (χ4v) is 3.15. The van der Waals surface area contributed by atoms with E-state index in [1.807, 2.05) is 48.8 Å². The minimum atomic E-state index is 0.0640. The van der Waals surface area contributed by atoms with E-state index < -0.39 is 0 Å². The quantitative estimate of drug-likeness (QED) is 0.648. The highest BCUT2D eigenvalue weighted by molar-refractivity contribution is 7.08. The first-order valence-corrected chi connectivity index (χ1v) is 9.09. The predicted molar refractivity (Wildman–Crippen MR) is 94.8 cm³/mol. The number of nitrogens with zero attached hydrogens (tertiary/aromatic N) is 5. The third-order valence-corrected chi connectivity index (χ3v) is 4.53. The molecule has 3 rings (SSSR count). The van der Waals surface area contributed by atoms with E-state index in [0.29, 0.717) is 31.2 Å². The van der Waals surface area contributed by atoms with Gasteiger partial charge in [0.15, 0.2) is 0 Å². The Morgan fingerprint density at radius 1 is 1.40 bits per heavy atom. The van der Waals surface area contributed by atoms with E-state index >= 15 is 0 Å². The normalized spacial score (nSPS) is 11.2. The van der Waals surface area contributed by atoms with Crippen molar-refractivity contribution in [3.8, 4) is 11.5 Å². The SMILES string of the molecule is CC(C)N(Cc1cnn(C)c1)C(=O)CCc1nnc(-c2ccsc2)o1. The van der Waals surface area contributed by atoms with E-state index in [1.54, 1.807) is 22.2 Å². The van der Waals surface area contributed by atoms with Gasteiger partial charge in [-0.05, 0) is 25.3 Å². The molecule has 132 valence electrons. The van der Waals surface area contributed by atoms with Crippen LogP contribution in [-0.2, 0) is 24.8 Å². The van der Waals surface area contributed by atoms with Gasteiger partial charge in [-0.2, -0.15) is 16.4 Å². The molecule has 0 aliphatic rings. The van der Waals surface area contributed by atoms with Crippen LogP contribution in [0.2, 0.25) is 0 Å². The molecule has 3 aromatic heterocycles. The van der Waals surface area contributed by atoms with Gasteiger partial charge in [-0.15, -0.1) is 10.2 Å². The summed E-state index contributed by atoms with van der Waals surface area (Å²) in [4.78, 5) is 14.5. The molecule has 1 amide bonds. The van der Waals surface area contributed by atoms with Crippen molar-refractivity contribution in [2.75, 3.05) is 0 Å². The molecule has 7 nitrogen and oxygen atoms in total. The molecule has 0 atom stereocenters. The van der Waals surface area contributed by atoms with Crippen LogP contribution in [0.1, 0.15) is 31.7 Å². The zero-order chi connectivity index (χ0) is 17.8. The fraction of sp³-hybridized carbons (Fsp3) is 0.412. The molecule has 3 heterocycles. The van der Waals surface area contributed by atoms with Crippen LogP contribution in [-0.4, -0.2) is 36.8 Å². The van der Waals surface area contributed by atoms with Gasteiger partial charge in [-0.25, -0.2) is 0 Å². The van der Waals surface area contributed by atoms with Gasteiger partial charge in [-0.1, -0.05) is 0 Å². The molecule has 0 unspecified atom stereocenters. The molecule has 0 aliphatic heterocycles. The van der Waals surface area contributed by atoms with Gasteiger partial charge in [0.1, 0.15) is 0 Å². The maximum Gasteiger partial charge on any atom is 0.248 e. The van der Waals surface area contributed by atoms with Crippen molar-refractivity contribution in [2.45, 2.75) is 39.3 Å². The molecule has 25 heavy (non-hydrogen) atoms. The van der Waals surface area contributed by atoms with Crippen molar-refractivity contribution in [1.29, 1.82) is 0 Å². The first kappa shape index (κ1) is 17.3. The van der Waals surface area contributed by atoms with Crippen molar-refractivity contribution in [3.05, 3.63) is 40.7 Å². The topological polar surface area (TPSA) is 77.1 Å². The zero-order valence-corrected chi connectivity index (χ0v) is 15.4. The number of aromatic nitrogens is 4. The summed E-state index contributed by atoms with van der Waals surface area (Å²) in [7, 11) is 1.87. The Bertz CT molecular complexity index is 822. The lowest BCUT2D eigenvalue weighted by molar-refractivity contribution is -0.133. The minimum Gasteiger partial charge on any atom is -0.421 e. The largest absolute Gasteiger partial charge is 0.421 e. The molecule has 0 saturated carbocycles. The molecule has 0 saturated heterocycles. The minimum absolute atomic E-state index is 0.0640. The smallest absolute Gasteiger partial charge is 0.248 e. The van der Waals surface area contributed by atoms with Crippen LogP contribution in [0.25, 0.3) is 11.5 Å². The second-order valence-corrected chi connectivity index (χ2v) is 6.93. The summed E-state index contributed by atoms with van der Waals surface area (Å²) in [6.07, 6.45) is 4.48. The molecular formula is C17H21N5O2S. The fourth-order valence-electron chi connectivity index (χ4n) is 2.52. The van der Waals surface area contributed by atoms with Gasteiger partial charge in [0, 0.05) is 55.2 Å². The number of hydrogen-bond donors (Lipinski definition) is 0. The Kier molecular flexibility index (Phi) is 5.28. The van der Waals surface area contributed by atoms with Crippen LogP contribution in [0.15, 0.2) is 33.6 Å². The Hall–Kier alpha value is -2.48. The van der Waals surface area contributed by atoms with E-state index in [4.69, 9.17) is 4.42 Å². The first-order valence-electron chi connectivity index (χ1n) is 8.15. The maximum absolute atomic E-state index is 12.6. The summed E-state index contributed by atoms with van der Waals surface area (Å²) in [5.74, 6) is 1.05. The summed E-state index contributed by atoms with van der Waals surface area (Å²) in [6.45, 7) is 4.57. The van der Waals surface area contributed by atoms with Gasteiger partial charge < -0.3 is 9.32 Å². The molecule has 0 N–H and O–H groups in total. The molecule has 0 radical (unpaired) electrons. The number of aryl methyl sites for hydroxylation is 2. The number of rotatable bonds is 7. The van der Waals surface area contributed by atoms with Crippen LogP contribution in [0.4, 0.5) is 0 Å². The van der Waals surface area contributed by atoms with E-state index in [0.717, 1.165) is 11.1 Å². The molecular weight excluding hydrogens is 338 g/mol. The van der Waals surface area contributed by atoms with E-state index in [1.165, 1.54) is 0 Å². The van der Waals surface area contributed by atoms with Gasteiger partial charge in [0.25, 0.3) is 0 Å². The molecule has 0 aromatic carbocycles. The van der Waals surface area contributed by atoms with Crippen LogP contribution in [0, 0.1) is 0 Å². The number of amides is 1. The highest BCUT2D eigenvalue weighted by Crippen LogP contribution is 2.21. The van der Waals surface area contributed by atoms with Crippen molar-refractivity contribution in [3.63, 3.8) is 0 Å². The van der Waals surface area contributed by atoms with E-state index in [2.05, 4.69) is 15.3 Å². The molecule has 0 bridgehead atoms. The molecule has 8 heteroatoms. The van der Waals surface area contributed by atoms with Crippen molar-refractivity contribution in [2.24, 2.45) is 7.05 Å². The molecule has 0 fully saturated rings. The maximum atomic E-state index is 12.6. The molecule has 3 aromatic rings. The zero-order valence-electron chi connectivity index (χ0n) is 14.5. The Morgan fingerprint density at radius 2 is 2.24 bits per heavy atom. The summed E-state index contributed by atoms with van der Waals surface area (Å²) in [6, 6.07) is 2.04. The Balaban J connectivity index is 1.60. The highest BCUT2D eigenvalue weighted by Gasteiger charge is 2.19. The van der Waals surface area contributed by atoms with Crippen molar-refractivity contribution >= 4 is 17.2 Å². The summed E-state index contributed by atoms with van der Waals surface area (Å²) in [5.41, 5.74) is 1.93. The van der Waals surface area contributed by atoms with Gasteiger partial charge in [0.2, 0.25) is 17.7 Å². The Morgan fingerprint density at radius 3 is 2.88 bits per heavy atom. The number of carbonyl (C=O) groups is 1. The Labute approximate surface area is 150 Å². The summed E-state index contributed by atoms with van der Waals surface area (Å²) < 4.78 is 7.38. The lowest BCUT2D eigenvalue weighted by Gasteiger charge is -2.26. The predicted octanol–water partition coefficient (Wildman–Crippen LogP) is 2.90. The van der Waals surface area contributed by atoms with Crippen LogP contribution >= 0.6 is 11.3 Å². The average Bonchev–Trinajstić information content (AvgIpc) is 3.31. The second-order valence-electron chi connectivity index (χ2n) is 6.15. The molecule has 0 aliphatic carbocycles. The monoisotopic (exact) mass is 359 g/mol. The number of thiophene rings is 1. The lowest BCUT2D eigenvalue weighted by Crippen LogP contribution is -2.36. The van der Waals surface area contributed by atoms with Gasteiger partial charge in [0.05, 0.1) is 6.20 Å². The van der Waals surface area contributed by atoms with Crippen molar-refractivity contribution in [1.82, 2.24) is 24.9 Å². The lowest BCUT2D eigenvalue weighted by atomic mass is 10.2. The van der Waals surface area contributed by atoms with Crippen LogP contribution in [0.5, 0.6) is 0 Å². The van der Waals surface area contributed by atoms with Gasteiger partial charge in [-0.3, -0.25) is 9.48 Å². The average molecular weight is 359 g/mol. The van der Waals surface area contributed by atoms with Crippen LogP contribution < -0.4 is 0 Å². The number of hydrogen-bond acceptors (Lipinski definition) is 6. The van der Waals surface area contributed by atoms with Gasteiger partial charge >= 0.3 is 0 Å². The third-order valence-electron chi connectivity index (χ3n) is 3.84. The third kappa shape index (κ3) is 4.33. The van der Waals surface area contributed by atoms with Crippen LogP contribution in [0.3, 0.4) is 0 Å². The standard InChI is InChI=1S/C17H21N5O2S/c1-12(2)22(10-13-8-18-21(3)9-13)16(23)5-4-15-19-20-17(24-15)14-6-7-25-11-14/h6-9,11-12H,4-5,10H2,1-3H3. The second kappa shape index (κ2) is 7.60. The summed E-state index contributed by atoms with van der Waals surface area (Å²) in [5, 5.41) is 16.2. The molecule has 0 spiro atoms. The number of carbonyl (C=O) groups excluding carboxylic acids is 1.